The summed E-state index contributed by atoms with van der Waals surface area (Å²) >= 11 is 6.10. The summed E-state index contributed by atoms with van der Waals surface area (Å²) in [6, 6.07) is 9.66. The highest BCUT2D eigenvalue weighted by atomic mass is 35.5. The van der Waals surface area contributed by atoms with Gasteiger partial charge >= 0.3 is 6.03 Å². The summed E-state index contributed by atoms with van der Waals surface area (Å²) in [6.45, 7) is 4.62. The quantitative estimate of drug-likeness (QED) is 0.774. The average Bonchev–Trinajstić information content (AvgIpc) is 2.55. The number of carbonyl (C=O) groups is 1. The Kier molecular flexibility index (Phi) is 6.44. The Hall–Kier alpha value is -2.27. The maximum absolute atomic E-state index is 13.4. The topological polar surface area (TPSA) is 50.4 Å². The van der Waals surface area contributed by atoms with E-state index >= 15 is 0 Å². The van der Waals surface area contributed by atoms with Crippen molar-refractivity contribution < 1.29 is 13.9 Å². The first kappa shape index (κ1) is 18.1. The molecule has 2 aromatic rings. The van der Waals surface area contributed by atoms with Gasteiger partial charge in [-0.2, -0.15) is 0 Å². The number of nitrogens with one attached hydrogen (secondary N) is 2. The zero-order chi connectivity index (χ0) is 17.5. The van der Waals surface area contributed by atoms with Crippen LogP contribution in [0.3, 0.4) is 0 Å². The van der Waals surface area contributed by atoms with Crippen molar-refractivity contribution >= 4 is 17.6 Å². The SMILES string of the molecule is Cc1cc(OCCNC(=O)NCc2ccccc2F)cc(C)c1Cl. The van der Waals surface area contributed by atoms with Crippen LogP contribution in [-0.2, 0) is 6.54 Å². The van der Waals surface area contributed by atoms with Crippen LogP contribution in [0.15, 0.2) is 36.4 Å². The van der Waals surface area contributed by atoms with E-state index in [1.165, 1.54) is 6.07 Å². The first-order valence-electron chi connectivity index (χ1n) is 7.62. The molecule has 4 nitrogen and oxygen atoms in total. The highest BCUT2D eigenvalue weighted by molar-refractivity contribution is 6.32. The lowest BCUT2D eigenvalue weighted by Crippen LogP contribution is -2.37. The summed E-state index contributed by atoms with van der Waals surface area (Å²) in [7, 11) is 0. The van der Waals surface area contributed by atoms with Gasteiger partial charge in [0.05, 0.1) is 6.54 Å². The molecule has 0 spiro atoms. The second-order valence-corrected chi connectivity index (χ2v) is 5.80. The van der Waals surface area contributed by atoms with Crippen molar-refractivity contribution in [3.05, 3.63) is 63.9 Å². The summed E-state index contributed by atoms with van der Waals surface area (Å²) < 4.78 is 19.0. The van der Waals surface area contributed by atoms with E-state index in [0.29, 0.717) is 24.5 Å². The van der Waals surface area contributed by atoms with Gasteiger partial charge in [-0.05, 0) is 43.2 Å². The number of aryl methyl sites for hydroxylation is 2. The fraction of sp³-hybridized carbons (Fsp3) is 0.278. The number of hydrogen-bond donors (Lipinski definition) is 2. The van der Waals surface area contributed by atoms with Crippen LogP contribution in [0, 0.1) is 19.7 Å². The number of carbonyl (C=O) groups excluding carboxylic acids is 1. The molecule has 0 saturated carbocycles. The molecule has 0 aliphatic heterocycles. The van der Waals surface area contributed by atoms with Gasteiger partial charge in [-0.1, -0.05) is 29.8 Å². The highest BCUT2D eigenvalue weighted by Crippen LogP contribution is 2.25. The van der Waals surface area contributed by atoms with Gasteiger partial charge < -0.3 is 15.4 Å². The molecule has 2 rings (SSSR count). The molecule has 6 heteroatoms. The molecule has 0 unspecified atom stereocenters. The van der Waals surface area contributed by atoms with Gasteiger partial charge in [0, 0.05) is 17.1 Å². The first-order valence-corrected chi connectivity index (χ1v) is 8.00. The third kappa shape index (κ3) is 5.13. The second-order valence-electron chi connectivity index (χ2n) is 5.42. The third-order valence-electron chi connectivity index (χ3n) is 3.46. The van der Waals surface area contributed by atoms with Gasteiger partial charge in [-0.25, -0.2) is 9.18 Å². The molecular weight excluding hydrogens is 331 g/mol. The van der Waals surface area contributed by atoms with E-state index in [0.717, 1.165) is 16.1 Å². The molecule has 128 valence electrons. The Morgan fingerprint density at radius 3 is 2.50 bits per heavy atom. The lowest BCUT2D eigenvalue weighted by atomic mass is 10.1. The van der Waals surface area contributed by atoms with Gasteiger partial charge in [-0.3, -0.25) is 0 Å². The van der Waals surface area contributed by atoms with Gasteiger partial charge in [0.2, 0.25) is 0 Å². The van der Waals surface area contributed by atoms with Gasteiger partial charge in [0.1, 0.15) is 18.2 Å². The van der Waals surface area contributed by atoms with E-state index in [1.807, 2.05) is 26.0 Å². The van der Waals surface area contributed by atoms with Crippen LogP contribution in [0.4, 0.5) is 9.18 Å². The summed E-state index contributed by atoms with van der Waals surface area (Å²) in [5, 5.41) is 5.99. The lowest BCUT2D eigenvalue weighted by Gasteiger charge is -2.11. The molecule has 0 aliphatic rings. The van der Waals surface area contributed by atoms with Crippen LogP contribution in [0.2, 0.25) is 5.02 Å². The fourth-order valence-corrected chi connectivity index (χ4v) is 2.31. The molecule has 0 saturated heterocycles. The van der Waals surface area contributed by atoms with E-state index in [4.69, 9.17) is 16.3 Å². The molecule has 2 aromatic carbocycles. The summed E-state index contributed by atoms with van der Waals surface area (Å²) in [5.41, 5.74) is 2.33. The zero-order valence-electron chi connectivity index (χ0n) is 13.7. The molecule has 0 fully saturated rings. The van der Waals surface area contributed by atoms with E-state index in [1.54, 1.807) is 18.2 Å². The van der Waals surface area contributed by atoms with Crippen molar-refractivity contribution in [3.63, 3.8) is 0 Å². The number of hydrogen-bond acceptors (Lipinski definition) is 2. The molecular formula is C18H20ClFN2O2. The number of amides is 2. The van der Waals surface area contributed by atoms with Crippen LogP contribution < -0.4 is 15.4 Å². The molecule has 0 atom stereocenters. The van der Waals surface area contributed by atoms with E-state index in [2.05, 4.69) is 10.6 Å². The normalized spacial score (nSPS) is 10.3. The molecule has 0 radical (unpaired) electrons. The summed E-state index contributed by atoms with van der Waals surface area (Å²) in [4.78, 5) is 11.7. The van der Waals surface area contributed by atoms with Crippen LogP contribution in [0.1, 0.15) is 16.7 Å². The molecule has 2 N–H and O–H groups in total. The monoisotopic (exact) mass is 350 g/mol. The Morgan fingerprint density at radius 2 is 1.83 bits per heavy atom. The minimum absolute atomic E-state index is 0.134. The third-order valence-corrected chi connectivity index (χ3v) is 4.06. The number of urea groups is 1. The van der Waals surface area contributed by atoms with Gasteiger partial charge in [0.25, 0.3) is 0 Å². The Balaban J connectivity index is 1.70. The molecule has 0 heterocycles. The van der Waals surface area contributed by atoms with E-state index in [-0.39, 0.29) is 18.4 Å². The minimum Gasteiger partial charge on any atom is -0.492 e. The van der Waals surface area contributed by atoms with Crippen molar-refractivity contribution in [2.45, 2.75) is 20.4 Å². The lowest BCUT2D eigenvalue weighted by molar-refractivity contribution is 0.236. The summed E-state index contributed by atoms with van der Waals surface area (Å²) in [6.07, 6.45) is 0. The largest absolute Gasteiger partial charge is 0.492 e. The van der Waals surface area contributed by atoms with Crippen LogP contribution >= 0.6 is 11.6 Å². The second kappa shape index (κ2) is 8.55. The number of benzene rings is 2. The Bertz CT molecular complexity index is 699. The number of rotatable bonds is 6. The van der Waals surface area contributed by atoms with Gasteiger partial charge in [0.15, 0.2) is 0 Å². The van der Waals surface area contributed by atoms with Crippen LogP contribution in [-0.4, -0.2) is 19.2 Å². The van der Waals surface area contributed by atoms with Gasteiger partial charge in [-0.15, -0.1) is 0 Å². The Morgan fingerprint density at radius 1 is 1.17 bits per heavy atom. The average molecular weight is 351 g/mol. The minimum atomic E-state index is -0.370. The maximum Gasteiger partial charge on any atom is 0.315 e. The Labute approximate surface area is 146 Å². The highest BCUT2D eigenvalue weighted by Gasteiger charge is 2.05. The smallest absolute Gasteiger partial charge is 0.315 e. The predicted octanol–water partition coefficient (Wildman–Crippen LogP) is 3.97. The van der Waals surface area contributed by atoms with Crippen molar-refractivity contribution in [1.29, 1.82) is 0 Å². The molecule has 0 aromatic heterocycles. The van der Waals surface area contributed by atoms with Crippen LogP contribution in [0.25, 0.3) is 0 Å². The van der Waals surface area contributed by atoms with E-state index < -0.39 is 0 Å². The number of ether oxygens (including phenoxy) is 1. The van der Waals surface area contributed by atoms with Crippen molar-refractivity contribution in [2.24, 2.45) is 0 Å². The number of halogens is 2. The molecule has 24 heavy (non-hydrogen) atoms. The van der Waals surface area contributed by atoms with E-state index in [9.17, 15) is 9.18 Å². The predicted molar refractivity (Wildman–Crippen MR) is 93.1 cm³/mol. The van der Waals surface area contributed by atoms with Crippen LogP contribution in [0.5, 0.6) is 5.75 Å². The zero-order valence-corrected chi connectivity index (χ0v) is 14.4. The standard InChI is InChI=1S/C18H20ClFN2O2/c1-12-9-15(10-13(2)17(12)19)24-8-7-21-18(23)22-11-14-5-3-4-6-16(14)20/h3-6,9-10H,7-8,11H2,1-2H3,(H2,21,22,23). The van der Waals surface area contributed by atoms with Crippen molar-refractivity contribution in [2.75, 3.05) is 13.2 Å². The fourth-order valence-electron chi connectivity index (χ4n) is 2.20. The summed E-state index contributed by atoms with van der Waals surface area (Å²) in [5.74, 6) is 0.373. The maximum atomic E-state index is 13.4. The first-order chi connectivity index (χ1) is 11.5. The van der Waals surface area contributed by atoms with Crippen molar-refractivity contribution in [1.82, 2.24) is 10.6 Å². The van der Waals surface area contributed by atoms with Crippen molar-refractivity contribution in [3.8, 4) is 5.75 Å². The molecule has 0 aliphatic carbocycles. The molecule has 2 amide bonds. The molecule has 0 bridgehead atoms.